The minimum absolute atomic E-state index is 0.0347. The maximum Gasteiger partial charge on any atom is 0.251 e. The molecule has 1 aliphatic heterocycles. The molecular weight excluding hydrogens is 94.0 g/mol. The molecule has 0 radical (unpaired) electrons. The Morgan fingerprint density at radius 2 is 2.43 bits per heavy atom. The molecule has 1 heterocycles. The Labute approximate surface area is 41.3 Å². The number of β-lactam (4-membered cyclic amide) rings is 1. The fraction of sp³-hybridized carbons (Fsp3) is 0.750. The topological polar surface area (TPSA) is 49.3 Å². The number of rotatable bonds is 0. The summed E-state index contributed by atoms with van der Waals surface area (Å²) in [6, 6.07) is -0.0347. The lowest BCUT2D eigenvalue weighted by Crippen LogP contribution is -2.60. The first kappa shape index (κ1) is 4.59. The molecule has 2 N–H and O–H groups in total. The molecule has 0 unspecified atom stereocenters. The fourth-order valence-electron chi connectivity index (χ4n) is 0.520. The zero-order valence-electron chi connectivity index (χ0n) is 4.01. The molecule has 3 heteroatoms. The molecule has 0 spiro atoms. The van der Waals surface area contributed by atoms with Gasteiger partial charge in [0.1, 0.15) is 0 Å². The monoisotopic (exact) mass is 101 g/mol. The smallest absolute Gasteiger partial charge is 0.251 e. The molecule has 1 rings (SSSR count). The zero-order valence-corrected chi connectivity index (χ0v) is 4.01. The second kappa shape index (κ2) is 1.20. The van der Waals surface area contributed by atoms with Gasteiger partial charge in [-0.05, 0) is 6.92 Å². The van der Waals surface area contributed by atoms with Crippen LogP contribution in [0.4, 0.5) is 0 Å². The molecule has 7 heavy (non-hydrogen) atoms. The van der Waals surface area contributed by atoms with Crippen LogP contribution in [0.2, 0.25) is 0 Å². The van der Waals surface area contributed by atoms with Crippen molar-refractivity contribution < 1.29 is 9.90 Å². The van der Waals surface area contributed by atoms with Crippen LogP contribution in [0, 0.1) is 0 Å². The predicted octanol–water partition coefficient (Wildman–Crippen LogP) is -1.13. The van der Waals surface area contributed by atoms with E-state index in [4.69, 9.17) is 5.11 Å². The largest absolute Gasteiger partial charge is 0.381 e. The number of carbonyl (C=O) groups excluding carboxylic acids is 1. The summed E-state index contributed by atoms with van der Waals surface area (Å²) in [4.78, 5) is 10.1. The molecule has 3 nitrogen and oxygen atoms in total. The molecule has 0 bridgehead atoms. The van der Waals surface area contributed by atoms with Crippen molar-refractivity contribution in [3.05, 3.63) is 0 Å². The maximum absolute atomic E-state index is 10.1. The van der Waals surface area contributed by atoms with E-state index >= 15 is 0 Å². The first-order valence-electron chi connectivity index (χ1n) is 2.20. The Bertz CT molecular complexity index is 102. The number of amides is 1. The summed E-state index contributed by atoms with van der Waals surface area (Å²) in [6.45, 7) is 1.76. The third kappa shape index (κ3) is 0.489. The molecule has 1 saturated heterocycles. The van der Waals surface area contributed by atoms with Crippen molar-refractivity contribution in [2.45, 2.75) is 19.1 Å². The van der Waals surface area contributed by atoms with Crippen molar-refractivity contribution in [1.29, 1.82) is 0 Å². The molecular formula is C4H7NO2. The lowest BCUT2D eigenvalue weighted by Gasteiger charge is -2.28. The molecule has 40 valence electrons. The van der Waals surface area contributed by atoms with Crippen LogP contribution >= 0.6 is 0 Å². The van der Waals surface area contributed by atoms with Crippen molar-refractivity contribution in [2.75, 3.05) is 0 Å². The average molecular weight is 101 g/mol. The van der Waals surface area contributed by atoms with Crippen LogP contribution in [0.15, 0.2) is 0 Å². The van der Waals surface area contributed by atoms with E-state index in [1.54, 1.807) is 6.92 Å². The van der Waals surface area contributed by atoms with Crippen LogP contribution in [0.1, 0.15) is 6.92 Å². The lowest BCUT2D eigenvalue weighted by atomic mass is 10.1. The molecule has 1 fully saturated rings. The fourth-order valence-corrected chi connectivity index (χ4v) is 0.520. The van der Waals surface area contributed by atoms with E-state index < -0.39 is 6.10 Å². The summed E-state index contributed by atoms with van der Waals surface area (Å²) in [7, 11) is 0. The standard InChI is InChI=1S/C4H7NO2/c1-2-3(6)4(7)5-2/h2-3,6H,1H3,(H,5,7)/t2-,3+/m1/s1. The number of aliphatic hydroxyl groups is 1. The molecule has 1 aliphatic rings. The highest BCUT2D eigenvalue weighted by molar-refractivity contribution is 5.87. The third-order valence-corrected chi connectivity index (χ3v) is 1.11. The number of nitrogens with one attached hydrogen (secondary N) is 1. The van der Waals surface area contributed by atoms with Crippen molar-refractivity contribution in [3.63, 3.8) is 0 Å². The normalized spacial score (nSPS) is 39.4. The Balaban J connectivity index is 2.43. The summed E-state index contributed by atoms with van der Waals surface area (Å²) < 4.78 is 0. The van der Waals surface area contributed by atoms with Gasteiger partial charge < -0.3 is 10.4 Å². The van der Waals surface area contributed by atoms with Crippen LogP contribution < -0.4 is 5.32 Å². The van der Waals surface area contributed by atoms with Gasteiger partial charge in [-0.15, -0.1) is 0 Å². The van der Waals surface area contributed by atoms with Gasteiger partial charge in [0.15, 0.2) is 6.10 Å². The van der Waals surface area contributed by atoms with Gasteiger partial charge in [0.05, 0.1) is 6.04 Å². The van der Waals surface area contributed by atoms with E-state index in [0.717, 1.165) is 0 Å². The Hall–Kier alpha value is -0.570. The van der Waals surface area contributed by atoms with Crippen molar-refractivity contribution >= 4 is 5.91 Å². The second-order valence-corrected chi connectivity index (χ2v) is 1.74. The molecule has 0 saturated carbocycles. The Morgan fingerprint density at radius 1 is 1.86 bits per heavy atom. The summed E-state index contributed by atoms with van der Waals surface area (Å²) in [6.07, 6.45) is -0.750. The molecule has 1 amide bonds. The van der Waals surface area contributed by atoms with Crippen molar-refractivity contribution in [1.82, 2.24) is 5.32 Å². The number of hydrogen-bond acceptors (Lipinski definition) is 2. The first-order valence-corrected chi connectivity index (χ1v) is 2.20. The lowest BCUT2D eigenvalue weighted by molar-refractivity contribution is -0.141. The molecule has 0 aliphatic carbocycles. The second-order valence-electron chi connectivity index (χ2n) is 1.74. The highest BCUT2D eigenvalue weighted by atomic mass is 16.3. The Morgan fingerprint density at radius 3 is 2.43 bits per heavy atom. The first-order chi connectivity index (χ1) is 3.22. The van der Waals surface area contributed by atoms with Gasteiger partial charge in [0.25, 0.3) is 5.91 Å². The van der Waals surface area contributed by atoms with Gasteiger partial charge in [-0.25, -0.2) is 0 Å². The van der Waals surface area contributed by atoms with Crippen LogP contribution in [-0.4, -0.2) is 23.2 Å². The van der Waals surface area contributed by atoms with E-state index in [-0.39, 0.29) is 11.9 Å². The summed E-state index contributed by atoms with van der Waals surface area (Å²) in [5, 5.41) is 11.0. The highest BCUT2D eigenvalue weighted by Crippen LogP contribution is 2.02. The van der Waals surface area contributed by atoms with Crippen LogP contribution in [0.25, 0.3) is 0 Å². The number of hydrogen-bond donors (Lipinski definition) is 2. The van der Waals surface area contributed by atoms with Crippen LogP contribution in [-0.2, 0) is 4.79 Å². The van der Waals surface area contributed by atoms with Gasteiger partial charge in [-0.2, -0.15) is 0 Å². The third-order valence-electron chi connectivity index (χ3n) is 1.11. The van der Waals surface area contributed by atoms with Crippen LogP contribution in [0.3, 0.4) is 0 Å². The Kier molecular flexibility index (Phi) is 0.785. The van der Waals surface area contributed by atoms with E-state index in [2.05, 4.69) is 5.32 Å². The molecule has 0 aromatic rings. The number of aliphatic hydroxyl groups excluding tert-OH is 1. The van der Waals surface area contributed by atoms with Crippen molar-refractivity contribution in [2.24, 2.45) is 0 Å². The van der Waals surface area contributed by atoms with Gasteiger partial charge in [-0.3, -0.25) is 4.79 Å². The molecule has 0 aromatic heterocycles. The average Bonchev–Trinajstić information content (AvgIpc) is 1.68. The van der Waals surface area contributed by atoms with Crippen LogP contribution in [0.5, 0.6) is 0 Å². The summed E-state index contributed by atoms with van der Waals surface area (Å²) in [5.41, 5.74) is 0. The van der Waals surface area contributed by atoms with E-state index in [1.807, 2.05) is 0 Å². The van der Waals surface area contributed by atoms with Crippen molar-refractivity contribution in [3.8, 4) is 0 Å². The minimum atomic E-state index is -0.750. The molecule has 0 aromatic carbocycles. The quantitative estimate of drug-likeness (QED) is 0.379. The summed E-state index contributed by atoms with van der Waals surface area (Å²) in [5.74, 6) is -0.257. The zero-order chi connectivity index (χ0) is 5.44. The van der Waals surface area contributed by atoms with Gasteiger partial charge in [0, 0.05) is 0 Å². The van der Waals surface area contributed by atoms with Gasteiger partial charge in [-0.1, -0.05) is 0 Å². The van der Waals surface area contributed by atoms with E-state index in [9.17, 15) is 4.79 Å². The van der Waals surface area contributed by atoms with Gasteiger partial charge in [0.2, 0.25) is 0 Å². The SMILES string of the molecule is C[C@H]1NC(=O)[C@H]1O. The minimum Gasteiger partial charge on any atom is -0.381 e. The maximum atomic E-state index is 10.1. The van der Waals surface area contributed by atoms with Gasteiger partial charge >= 0.3 is 0 Å². The van der Waals surface area contributed by atoms with E-state index in [1.165, 1.54) is 0 Å². The highest BCUT2D eigenvalue weighted by Gasteiger charge is 2.33. The number of carbonyl (C=O) groups is 1. The summed E-state index contributed by atoms with van der Waals surface area (Å²) >= 11 is 0. The predicted molar refractivity (Wildman–Crippen MR) is 23.6 cm³/mol. The molecule has 2 atom stereocenters. The van der Waals surface area contributed by atoms with E-state index in [0.29, 0.717) is 0 Å².